The predicted molar refractivity (Wildman–Crippen MR) is 71.8 cm³/mol. The smallest absolute Gasteiger partial charge is 0.230 e. The number of nitriles is 1. The van der Waals surface area contributed by atoms with Gasteiger partial charge >= 0.3 is 0 Å². The zero-order valence-corrected chi connectivity index (χ0v) is 10.5. The molecule has 0 unspecified atom stereocenters. The molecule has 0 aromatic carbocycles. The highest BCUT2D eigenvalue weighted by molar-refractivity contribution is 5.61. The Kier molecular flexibility index (Phi) is 4.88. The summed E-state index contributed by atoms with van der Waals surface area (Å²) in [5.41, 5.74) is 1.17. The molecule has 0 amide bonds. The van der Waals surface area contributed by atoms with E-state index >= 15 is 0 Å². The van der Waals surface area contributed by atoms with E-state index in [4.69, 9.17) is 18.6 Å². The van der Waals surface area contributed by atoms with Crippen molar-refractivity contribution in [3.8, 4) is 17.3 Å². The van der Waals surface area contributed by atoms with Crippen LogP contribution in [-0.4, -0.2) is 5.16 Å². The second kappa shape index (κ2) is 7.34. The monoisotopic (exact) mass is 268 g/mol. The van der Waals surface area contributed by atoms with Crippen molar-refractivity contribution in [1.29, 1.82) is 5.26 Å². The molecule has 0 aromatic rings. The Bertz CT molecular complexity index is 710. The molecule has 1 N–H and O–H groups in total. The van der Waals surface area contributed by atoms with Gasteiger partial charge in [0.2, 0.25) is 5.76 Å². The van der Waals surface area contributed by atoms with Crippen LogP contribution < -0.4 is 0 Å². The third-order valence-electron chi connectivity index (χ3n) is 2.27. The SMILES string of the molecule is N#Cc1occoccccccccc2co[nH]c1-2. The van der Waals surface area contributed by atoms with Gasteiger partial charge in [-0.2, -0.15) is 5.26 Å². The van der Waals surface area contributed by atoms with E-state index in [2.05, 4.69) is 5.16 Å². The highest BCUT2D eigenvalue weighted by Crippen LogP contribution is 2.20. The van der Waals surface area contributed by atoms with Crippen LogP contribution in [0.2, 0.25) is 0 Å². The number of nitrogens with one attached hydrogen (secondary N) is 1. The third-order valence-corrected chi connectivity index (χ3v) is 2.27. The zero-order chi connectivity index (χ0) is 14.0. The molecule has 0 radical (unpaired) electrons. The van der Waals surface area contributed by atoms with Crippen molar-refractivity contribution in [3.05, 3.63) is 73.3 Å². The van der Waals surface area contributed by atoms with Crippen molar-refractivity contribution >= 4 is 0 Å². The van der Waals surface area contributed by atoms with E-state index in [1.165, 1.54) is 25.1 Å². The van der Waals surface area contributed by atoms with Crippen molar-refractivity contribution in [1.82, 2.24) is 5.16 Å². The Morgan fingerprint density at radius 2 is 1.75 bits per heavy atom. The average Bonchev–Trinajstić information content (AvgIpc) is 2.91. The lowest BCUT2D eigenvalue weighted by molar-refractivity contribution is 0.420. The molecule has 0 saturated heterocycles. The Hall–Kier alpha value is -3.13. The van der Waals surface area contributed by atoms with Gasteiger partial charge in [-0.3, -0.25) is 0 Å². The van der Waals surface area contributed by atoms with Crippen LogP contribution >= 0.6 is 0 Å². The Morgan fingerprint density at radius 3 is 2.60 bits per heavy atom. The van der Waals surface area contributed by atoms with Crippen LogP contribution in [0.1, 0.15) is 5.76 Å². The lowest BCUT2D eigenvalue weighted by Gasteiger charge is -1.89. The molecular formula is C15H12N2O3. The van der Waals surface area contributed by atoms with Crippen LogP contribution in [-0.2, 0) is 0 Å². The summed E-state index contributed by atoms with van der Waals surface area (Å²) in [6.07, 6.45) is 5.59. The molecule has 2 aliphatic heterocycles. The van der Waals surface area contributed by atoms with Gasteiger partial charge in [0, 0.05) is 5.56 Å². The van der Waals surface area contributed by atoms with Crippen molar-refractivity contribution in [2.75, 3.05) is 0 Å². The van der Waals surface area contributed by atoms with E-state index in [0.717, 1.165) is 0 Å². The van der Waals surface area contributed by atoms with Gasteiger partial charge in [-0.1, -0.05) is 30.3 Å². The molecule has 0 spiro atoms. The van der Waals surface area contributed by atoms with E-state index in [1.807, 2.05) is 36.4 Å². The number of aromatic amines is 1. The van der Waals surface area contributed by atoms with Crippen molar-refractivity contribution < 1.29 is 13.4 Å². The summed E-state index contributed by atoms with van der Waals surface area (Å²) in [4.78, 5) is 0. The summed E-state index contributed by atoms with van der Waals surface area (Å²) in [5.74, 6) is 0.0826. The fourth-order valence-electron chi connectivity index (χ4n) is 1.39. The molecule has 2 aliphatic rings. The Morgan fingerprint density at radius 1 is 0.950 bits per heavy atom. The van der Waals surface area contributed by atoms with Gasteiger partial charge in [0.1, 0.15) is 30.6 Å². The number of aromatic nitrogens is 1. The molecule has 5 nitrogen and oxygen atoms in total. The van der Waals surface area contributed by atoms with Gasteiger partial charge in [-0.15, -0.1) is 0 Å². The number of H-pyrrole nitrogens is 1. The maximum Gasteiger partial charge on any atom is 0.230 e. The van der Waals surface area contributed by atoms with Crippen LogP contribution in [0.15, 0.2) is 80.9 Å². The fourth-order valence-corrected chi connectivity index (χ4v) is 1.39. The number of hydrogen-bond donors (Lipinski definition) is 1. The normalized spacial score (nSPS) is 8.95. The molecule has 0 atom stereocenters. The molecular weight excluding hydrogens is 256 g/mol. The van der Waals surface area contributed by atoms with Gasteiger partial charge in [0.05, 0.1) is 6.26 Å². The van der Waals surface area contributed by atoms with E-state index in [-0.39, 0.29) is 5.76 Å². The van der Waals surface area contributed by atoms with E-state index in [0.29, 0.717) is 11.3 Å². The largest absolute Gasteiger partial charge is 0.469 e. The quantitative estimate of drug-likeness (QED) is 0.778. The summed E-state index contributed by atoms with van der Waals surface area (Å²) in [5, 5.41) is 11.7. The first-order valence-corrected chi connectivity index (χ1v) is 5.82. The molecule has 0 fully saturated rings. The van der Waals surface area contributed by atoms with Crippen molar-refractivity contribution in [2.45, 2.75) is 0 Å². The zero-order valence-electron chi connectivity index (χ0n) is 10.5. The molecule has 0 bridgehead atoms. The van der Waals surface area contributed by atoms with Crippen molar-refractivity contribution in [2.24, 2.45) is 0 Å². The lowest BCUT2D eigenvalue weighted by atomic mass is 10.2. The molecule has 0 aliphatic carbocycles. The second-order valence-electron chi connectivity index (χ2n) is 3.59. The number of rotatable bonds is 0. The number of fused-ring (bicyclic) bond motifs is 1. The van der Waals surface area contributed by atoms with Crippen LogP contribution in [0.5, 0.6) is 0 Å². The van der Waals surface area contributed by atoms with E-state index in [1.54, 1.807) is 12.1 Å². The van der Waals surface area contributed by atoms with Gasteiger partial charge in [-0.05, 0) is 12.1 Å². The molecule has 2 heterocycles. The lowest BCUT2D eigenvalue weighted by Crippen LogP contribution is -1.78. The third kappa shape index (κ3) is 3.68. The Labute approximate surface area is 115 Å². The summed E-state index contributed by atoms with van der Waals surface area (Å²) >= 11 is 0. The number of nitrogens with zero attached hydrogens (tertiary/aromatic N) is 1. The summed E-state index contributed by atoms with van der Waals surface area (Å²) in [7, 11) is 0. The van der Waals surface area contributed by atoms with Crippen LogP contribution in [0.4, 0.5) is 0 Å². The average molecular weight is 268 g/mol. The van der Waals surface area contributed by atoms with Crippen LogP contribution in [0.3, 0.4) is 0 Å². The molecule has 100 valence electrons. The first kappa shape index (κ1) is 13.3. The summed E-state index contributed by atoms with van der Waals surface area (Å²) in [6, 6.07) is 14.7. The molecule has 0 aromatic heterocycles. The van der Waals surface area contributed by atoms with Crippen molar-refractivity contribution in [3.63, 3.8) is 0 Å². The minimum atomic E-state index is 0.0826. The second-order valence-corrected chi connectivity index (χ2v) is 3.59. The highest BCUT2D eigenvalue weighted by atomic mass is 16.5. The topological polar surface area (TPSA) is 79.0 Å². The van der Waals surface area contributed by atoms with Crippen LogP contribution in [0, 0.1) is 11.3 Å². The van der Waals surface area contributed by atoms with Gasteiger partial charge < -0.3 is 13.4 Å². The van der Waals surface area contributed by atoms with Crippen LogP contribution in [0.25, 0.3) is 11.3 Å². The minimum absolute atomic E-state index is 0.0826. The van der Waals surface area contributed by atoms with Gasteiger partial charge in [-0.25, -0.2) is 5.16 Å². The highest BCUT2D eigenvalue weighted by Gasteiger charge is 2.08. The molecule has 20 heavy (non-hydrogen) atoms. The summed E-state index contributed by atoms with van der Waals surface area (Å²) < 4.78 is 15.2. The van der Waals surface area contributed by atoms with Gasteiger partial charge in [0.25, 0.3) is 0 Å². The molecule has 2 rings (SSSR count). The predicted octanol–water partition coefficient (Wildman–Crippen LogP) is 4.14. The summed E-state index contributed by atoms with van der Waals surface area (Å²) in [6.45, 7) is 0. The van der Waals surface area contributed by atoms with Gasteiger partial charge in [0.15, 0.2) is 0 Å². The maximum atomic E-state index is 9.10. The Balaban J connectivity index is 2.62. The maximum absolute atomic E-state index is 9.10. The first-order chi connectivity index (χ1) is 9.92. The number of hydrogen-bond acceptors (Lipinski definition) is 4. The molecule has 5 heteroatoms. The standard InChI is InChI=1S/C15H12N2O3/c16-11-14-15-13(12-20-17-15)7-5-3-1-2-4-6-8-18-9-10-19-14/h1-10,12,17H. The van der Waals surface area contributed by atoms with E-state index < -0.39 is 0 Å². The van der Waals surface area contributed by atoms with E-state index in [9.17, 15) is 0 Å². The molecule has 0 saturated carbocycles. The minimum Gasteiger partial charge on any atom is -0.469 e. The fraction of sp³-hybridized carbons (Fsp3) is 0. The first-order valence-electron chi connectivity index (χ1n) is 5.82.